The second-order valence-electron chi connectivity index (χ2n) is 6.95. The van der Waals surface area contributed by atoms with Crippen LogP contribution < -0.4 is 0 Å². The van der Waals surface area contributed by atoms with E-state index < -0.39 is 5.60 Å². The van der Waals surface area contributed by atoms with Gasteiger partial charge in [-0.2, -0.15) is 0 Å². The Morgan fingerprint density at radius 1 is 1.30 bits per heavy atom. The molecule has 4 nitrogen and oxygen atoms in total. The van der Waals surface area contributed by atoms with Gasteiger partial charge in [0.25, 0.3) is 0 Å². The third kappa shape index (κ3) is 4.23. The quantitative estimate of drug-likeness (QED) is 0.540. The zero-order valence-electron chi connectivity index (χ0n) is 12.8. The predicted molar refractivity (Wildman–Crippen MR) is 87.4 cm³/mol. The van der Waals surface area contributed by atoms with E-state index in [9.17, 15) is 4.79 Å². The van der Waals surface area contributed by atoms with Gasteiger partial charge in [-0.15, -0.1) is 0 Å². The van der Waals surface area contributed by atoms with Crippen LogP contribution in [-0.2, 0) is 9.47 Å². The van der Waals surface area contributed by atoms with E-state index in [4.69, 9.17) is 9.47 Å². The molecule has 0 N–H and O–H groups in total. The van der Waals surface area contributed by atoms with E-state index in [1.807, 2.05) is 25.7 Å². The Hall–Kier alpha value is -0.0400. The summed E-state index contributed by atoms with van der Waals surface area (Å²) in [6.07, 6.45) is 5.81. The molecular formula is C15H26INO3. The SMILES string of the molecule is CC(C)(C)OC(=O)N1CCC(CI)(OC2CCC2)CC1. The van der Waals surface area contributed by atoms with E-state index in [0.717, 1.165) is 30.4 Å². The fourth-order valence-corrected chi connectivity index (χ4v) is 3.49. The molecule has 2 aliphatic rings. The zero-order valence-corrected chi connectivity index (χ0v) is 14.9. The van der Waals surface area contributed by atoms with Gasteiger partial charge in [0.2, 0.25) is 0 Å². The summed E-state index contributed by atoms with van der Waals surface area (Å²) in [5.74, 6) is 0. The van der Waals surface area contributed by atoms with Gasteiger partial charge in [-0.1, -0.05) is 22.6 Å². The van der Waals surface area contributed by atoms with Gasteiger partial charge in [0.1, 0.15) is 5.60 Å². The predicted octanol–water partition coefficient (Wildman–Crippen LogP) is 3.76. The highest BCUT2D eigenvalue weighted by Crippen LogP contribution is 2.35. The summed E-state index contributed by atoms with van der Waals surface area (Å²) in [4.78, 5) is 13.9. The molecule has 0 aromatic rings. The number of likely N-dealkylation sites (tertiary alicyclic amines) is 1. The van der Waals surface area contributed by atoms with Crippen LogP contribution in [0, 0.1) is 0 Å². The normalized spacial score (nSPS) is 23.3. The summed E-state index contributed by atoms with van der Waals surface area (Å²) in [7, 11) is 0. The van der Waals surface area contributed by atoms with Gasteiger partial charge >= 0.3 is 6.09 Å². The van der Waals surface area contributed by atoms with Crippen molar-refractivity contribution in [2.45, 2.75) is 70.2 Å². The Bertz CT molecular complexity index is 342. The maximum atomic E-state index is 12.1. The molecule has 116 valence electrons. The largest absolute Gasteiger partial charge is 0.444 e. The van der Waals surface area contributed by atoms with Crippen molar-refractivity contribution in [1.82, 2.24) is 4.90 Å². The first-order valence-electron chi connectivity index (χ1n) is 7.55. The lowest BCUT2D eigenvalue weighted by Crippen LogP contribution is -2.52. The van der Waals surface area contributed by atoms with E-state index in [2.05, 4.69) is 22.6 Å². The highest BCUT2D eigenvalue weighted by molar-refractivity contribution is 14.1. The first-order valence-corrected chi connectivity index (χ1v) is 9.08. The van der Waals surface area contributed by atoms with E-state index in [-0.39, 0.29) is 11.7 Å². The summed E-state index contributed by atoms with van der Waals surface area (Å²) in [5.41, 5.74) is -0.443. The van der Waals surface area contributed by atoms with Crippen molar-refractivity contribution in [3.63, 3.8) is 0 Å². The summed E-state index contributed by atoms with van der Waals surface area (Å²) in [6.45, 7) is 7.20. The van der Waals surface area contributed by atoms with Crippen LogP contribution in [0.5, 0.6) is 0 Å². The molecule has 1 amide bonds. The number of ether oxygens (including phenoxy) is 2. The van der Waals surface area contributed by atoms with E-state index >= 15 is 0 Å². The molecule has 1 heterocycles. The molecule has 2 fully saturated rings. The number of hydrogen-bond acceptors (Lipinski definition) is 3. The summed E-state index contributed by atoms with van der Waals surface area (Å²) < 4.78 is 12.7. The van der Waals surface area contributed by atoms with Crippen molar-refractivity contribution in [3.05, 3.63) is 0 Å². The smallest absolute Gasteiger partial charge is 0.410 e. The molecule has 0 spiro atoms. The van der Waals surface area contributed by atoms with Crippen molar-refractivity contribution in [1.29, 1.82) is 0 Å². The minimum absolute atomic E-state index is 0.0237. The number of amides is 1. The molecule has 0 bridgehead atoms. The van der Waals surface area contributed by atoms with Crippen LogP contribution in [0.1, 0.15) is 52.9 Å². The molecule has 2 rings (SSSR count). The Labute approximate surface area is 135 Å². The minimum Gasteiger partial charge on any atom is -0.444 e. The maximum Gasteiger partial charge on any atom is 0.410 e. The first kappa shape index (κ1) is 16.3. The second-order valence-corrected chi connectivity index (χ2v) is 7.72. The number of alkyl halides is 1. The highest BCUT2D eigenvalue weighted by Gasteiger charge is 2.39. The minimum atomic E-state index is -0.419. The fourth-order valence-electron chi connectivity index (χ4n) is 2.55. The van der Waals surface area contributed by atoms with Crippen LogP contribution in [0.3, 0.4) is 0 Å². The first-order chi connectivity index (χ1) is 9.34. The molecule has 0 radical (unpaired) electrons. The van der Waals surface area contributed by atoms with Gasteiger partial charge < -0.3 is 14.4 Å². The molecule has 1 saturated carbocycles. The molecule has 0 aromatic carbocycles. The Balaban J connectivity index is 1.85. The van der Waals surface area contributed by atoms with Crippen LogP contribution in [0.2, 0.25) is 0 Å². The number of hydrogen-bond donors (Lipinski definition) is 0. The second kappa shape index (κ2) is 6.38. The van der Waals surface area contributed by atoms with E-state index in [1.165, 1.54) is 19.3 Å². The molecule has 5 heteroatoms. The van der Waals surface area contributed by atoms with Crippen LogP contribution in [0.15, 0.2) is 0 Å². The lowest BCUT2D eigenvalue weighted by atomic mass is 9.90. The van der Waals surface area contributed by atoms with Crippen molar-refractivity contribution in [2.24, 2.45) is 0 Å². The number of piperidine rings is 1. The lowest BCUT2D eigenvalue weighted by Gasteiger charge is -2.44. The van der Waals surface area contributed by atoms with Crippen LogP contribution in [-0.4, -0.2) is 45.8 Å². The number of carbonyl (C=O) groups excluding carboxylic acids is 1. The van der Waals surface area contributed by atoms with Gasteiger partial charge in [-0.25, -0.2) is 4.79 Å². The number of halogens is 1. The molecule has 0 atom stereocenters. The number of rotatable bonds is 3. The monoisotopic (exact) mass is 395 g/mol. The third-order valence-electron chi connectivity index (χ3n) is 4.04. The molecule has 1 aliphatic heterocycles. The average molecular weight is 395 g/mol. The van der Waals surface area contributed by atoms with Gasteiger partial charge in [0.15, 0.2) is 0 Å². The highest BCUT2D eigenvalue weighted by atomic mass is 127. The topological polar surface area (TPSA) is 38.8 Å². The summed E-state index contributed by atoms with van der Waals surface area (Å²) in [6, 6.07) is 0. The van der Waals surface area contributed by atoms with Crippen LogP contribution >= 0.6 is 22.6 Å². The standard InChI is InChI=1S/C15H26INO3/c1-14(2,3)20-13(18)17-9-7-15(11-16,8-10-17)19-12-5-4-6-12/h12H,4-11H2,1-3H3. The van der Waals surface area contributed by atoms with Crippen molar-refractivity contribution in [3.8, 4) is 0 Å². The molecule has 1 saturated heterocycles. The van der Waals surface area contributed by atoms with Crippen LogP contribution in [0.4, 0.5) is 4.79 Å². The third-order valence-corrected chi connectivity index (χ3v) is 5.43. The van der Waals surface area contributed by atoms with Gasteiger partial charge in [0.05, 0.1) is 11.7 Å². The van der Waals surface area contributed by atoms with Gasteiger partial charge in [-0.3, -0.25) is 0 Å². The molecule has 1 aliphatic carbocycles. The lowest BCUT2D eigenvalue weighted by molar-refractivity contribution is -0.130. The van der Waals surface area contributed by atoms with E-state index in [0.29, 0.717) is 6.10 Å². The van der Waals surface area contributed by atoms with Crippen LogP contribution in [0.25, 0.3) is 0 Å². The molecule has 0 unspecified atom stereocenters. The maximum absolute atomic E-state index is 12.1. The Kier molecular flexibility index (Phi) is 5.21. The number of nitrogens with zero attached hydrogens (tertiary/aromatic N) is 1. The summed E-state index contributed by atoms with van der Waals surface area (Å²) in [5, 5.41) is 0. The molecule has 0 aromatic heterocycles. The van der Waals surface area contributed by atoms with Crippen molar-refractivity contribution >= 4 is 28.7 Å². The van der Waals surface area contributed by atoms with E-state index in [1.54, 1.807) is 0 Å². The van der Waals surface area contributed by atoms with Crippen molar-refractivity contribution in [2.75, 3.05) is 17.5 Å². The van der Waals surface area contributed by atoms with Gasteiger partial charge in [0, 0.05) is 17.5 Å². The zero-order chi connectivity index (χ0) is 14.8. The number of carbonyl (C=O) groups is 1. The average Bonchev–Trinajstić information content (AvgIpc) is 2.32. The van der Waals surface area contributed by atoms with Crippen molar-refractivity contribution < 1.29 is 14.3 Å². The van der Waals surface area contributed by atoms with Gasteiger partial charge in [-0.05, 0) is 52.9 Å². The fraction of sp³-hybridized carbons (Fsp3) is 0.933. The Morgan fingerprint density at radius 3 is 2.30 bits per heavy atom. The molecular weight excluding hydrogens is 369 g/mol. The molecule has 20 heavy (non-hydrogen) atoms. The summed E-state index contributed by atoms with van der Waals surface area (Å²) >= 11 is 2.42. The Morgan fingerprint density at radius 2 is 1.90 bits per heavy atom.